The summed E-state index contributed by atoms with van der Waals surface area (Å²) < 4.78 is 6.24. The molecule has 2 aromatic rings. The van der Waals surface area contributed by atoms with Crippen molar-refractivity contribution < 1.29 is 14.3 Å². The minimum Gasteiger partial charge on any atom is -0.481 e. The number of hydrogen-bond donors (Lipinski definition) is 1. The van der Waals surface area contributed by atoms with Crippen molar-refractivity contribution in [3.05, 3.63) is 64.7 Å². The van der Waals surface area contributed by atoms with Gasteiger partial charge in [0.15, 0.2) is 6.10 Å². The quantitative estimate of drug-likeness (QED) is 0.572. The molecule has 1 saturated carbocycles. The predicted octanol–water partition coefficient (Wildman–Crippen LogP) is 4.25. The number of carbonyl (C=O) groups excluding carboxylic acids is 2. The average Bonchev–Trinajstić information content (AvgIpc) is 3.62. The smallest absolute Gasteiger partial charge is 0.261 e. The Kier molecular flexibility index (Phi) is 7.61. The molecule has 5 rings (SSSR count). The molecule has 1 saturated heterocycles. The number of fused-ring (bicyclic) bond motifs is 1. The van der Waals surface area contributed by atoms with Gasteiger partial charge in [0.05, 0.1) is 6.04 Å². The Hall–Kier alpha value is -2.86. The summed E-state index contributed by atoms with van der Waals surface area (Å²) in [6.45, 7) is 8.59. The van der Waals surface area contributed by atoms with Crippen molar-refractivity contribution in [2.45, 2.75) is 64.5 Å². The van der Waals surface area contributed by atoms with Gasteiger partial charge in [0, 0.05) is 25.6 Å². The summed E-state index contributed by atoms with van der Waals surface area (Å²) in [6.07, 6.45) is 5.40. The summed E-state index contributed by atoms with van der Waals surface area (Å²) in [6, 6.07) is 14.5. The van der Waals surface area contributed by atoms with Gasteiger partial charge in [-0.25, -0.2) is 0 Å². The number of benzene rings is 2. The number of aryl methyl sites for hydroxylation is 1. The SMILES string of the molecule is CC[C@H](Oc1ccc2c(c1)[C@@H](c1ccc(C)cc1)N(C(=O)C1CC1)CC2)C(=O)NCCN1CCCC1. The molecule has 0 radical (unpaired) electrons. The maximum Gasteiger partial charge on any atom is 0.261 e. The van der Waals surface area contributed by atoms with Crippen molar-refractivity contribution in [1.29, 1.82) is 0 Å². The van der Waals surface area contributed by atoms with Gasteiger partial charge in [0.1, 0.15) is 5.75 Å². The largest absolute Gasteiger partial charge is 0.481 e. The first-order valence-electron chi connectivity index (χ1n) is 13.7. The first-order chi connectivity index (χ1) is 17.5. The van der Waals surface area contributed by atoms with E-state index >= 15 is 0 Å². The van der Waals surface area contributed by atoms with E-state index in [0.717, 1.165) is 56.6 Å². The van der Waals surface area contributed by atoms with Gasteiger partial charge < -0.3 is 19.9 Å². The van der Waals surface area contributed by atoms with Crippen LogP contribution < -0.4 is 10.1 Å². The number of carbonyl (C=O) groups is 2. The molecular formula is C30H39N3O3. The van der Waals surface area contributed by atoms with Crippen LogP contribution in [0.2, 0.25) is 0 Å². The van der Waals surface area contributed by atoms with Crippen molar-refractivity contribution >= 4 is 11.8 Å². The van der Waals surface area contributed by atoms with Crippen molar-refractivity contribution in [3.8, 4) is 5.75 Å². The van der Waals surface area contributed by atoms with Crippen LogP contribution >= 0.6 is 0 Å². The third-order valence-electron chi connectivity index (χ3n) is 7.82. The molecule has 6 heteroatoms. The number of rotatable bonds is 9. The zero-order valence-electron chi connectivity index (χ0n) is 21.7. The number of ether oxygens (including phenoxy) is 1. The lowest BCUT2D eigenvalue weighted by Gasteiger charge is -2.38. The third-order valence-corrected chi connectivity index (χ3v) is 7.82. The van der Waals surface area contributed by atoms with Crippen LogP contribution in [-0.4, -0.2) is 60.4 Å². The molecule has 0 aromatic heterocycles. The van der Waals surface area contributed by atoms with Gasteiger partial charge in [-0.2, -0.15) is 0 Å². The predicted molar refractivity (Wildman–Crippen MR) is 141 cm³/mol. The highest BCUT2D eigenvalue weighted by atomic mass is 16.5. The number of likely N-dealkylation sites (tertiary alicyclic amines) is 1. The molecular weight excluding hydrogens is 450 g/mol. The molecule has 1 N–H and O–H groups in total. The Labute approximate surface area is 215 Å². The fourth-order valence-corrected chi connectivity index (χ4v) is 5.52. The minimum atomic E-state index is -0.535. The summed E-state index contributed by atoms with van der Waals surface area (Å²) in [7, 11) is 0. The van der Waals surface area contributed by atoms with Gasteiger partial charge in [-0.05, 0) is 87.4 Å². The van der Waals surface area contributed by atoms with E-state index in [0.29, 0.717) is 18.7 Å². The zero-order valence-corrected chi connectivity index (χ0v) is 21.7. The van der Waals surface area contributed by atoms with Gasteiger partial charge in [-0.15, -0.1) is 0 Å². The Bertz CT molecular complexity index is 1070. The standard InChI is InChI=1S/C30H39N3O3/c1-3-27(29(34)31-15-19-32-16-4-5-17-32)36-25-13-12-22-14-18-33(30(35)24-10-11-24)28(26(22)20-25)23-8-6-21(2)7-9-23/h6-9,12-13,20,24,27-28H,3-5,10-11,14-19H2,1-2H3,(H,31,34)/t27-,28+/m0/s1. The molecule has 0 bridgehead atoms. The monoisotopic (exact) mass is 489 g/mol. The number of amides is 2. The zero-order chi connectivity index (χ0) is 25.1. The third kappa shape index (κ3) is 5.59. The van der Waals surface area contributed by atoms with E-state index in [2.05, 4.69) is 58.4 Å². The van der Waals surface area contributed by atoms with Gasteiger partial charge >= 0.3 is 0 Å². The van der Waals surface area contributed by atoms with Crippen LogP contribution in [0.4, 0.5) is 0 Å². The second-order valence-corrected chi connectivity index (χ2v) is 10.6. The Morgan fingerprint density at radius 2 is 1.81 bits per heavy atom. The fourth-order valence-electron chi connectivity index (χ4n) is 5.52. The minimum absolute atomic E-state index is 0.0601. The van der Waals surface area contributed by atoms with Crippen molar-refractivity contribution in [1.82, 2.24) is 15.1 Å². The lowest BCUT2D eigenvalue weighted by atomic mass is 9.87. The molecule has 2 amide bonds. The first-order valence-corrected chi connectivity index (χ1v) is 13.7. The molecule has 2 atom stereocenters. The maximum atomic E-state index is 13.3. The Balaban J connectivity index is 1.34. The van der Waals surface area contributed by atoms with Crippen molar-refractivity contribution in [2.75, 3.05) is 32.7 Å². The molecule has 2 fully saturated rings. The van der Waals surface area contributed by atoms with Crippen LogP contribution in [-0.2, 0) is 16.0 Å². The van der Waals surface area contributed by atoms with Crippen molar-refractivity contribution in [3.63, 3.8) is 0 Å². The first kappa shape index (κ1) is 24.8. The van der Waals surface area contributed by atoms with Crippen LogP contribution in [0.15, 0.2) is 42.5 Å². The molecule has 2 aliphatic heterocycles. The molecule has 6 nitrogen and oxygen atoms in total. The molecule has 0 unspecified atom stereocenters. The highest BCUT2D eigenvalue weighted by Gasteiger charge is 2.39. The topological polar surface area (TPSA) is 61.9 Å². The van der Waals surface area contributed by atoms with E-state index < -0.39 is 6.10 Å². The summed E-state index contributed by atoms with van der Waals surface area (Å²) >= 11 is 0. The maximum absolute atomic E-state index is 13.3. The summed E-state index contributed by atoms with van der Waals surface area (Å²) in [5, 5.41) is 3.07. The molecule has 2 aromatic carbocycles. The van der Waals surface area contributed by atoms with Crippen molar-refractivity contribution in [2.24, 2.45) is 5.92 Å². The van der Waals surface area contributed by atoms with Gasteiger partial charge in [0.2, 0.25) is 5.91 Å². The van der Waals surface area contributed by atoms with E-state index in [1.54, 1.807) is 0 Å². The van der Waals surface area contributed by atoms with E-state index in [1.165, 1.54) is 24.0 Å². The highest BCUT2D eigenvalue weighted by molar-refractivity contribution is 5.82. The molecule has 192 valence electrons. The average molecular weight is 490 g/mol. The lowest BCUT2D eigenvalue weighted by molar-refractivity contribution is -0.134. The van der Waals surface area contributed by atoms with E-state index in [4.69, 9.17) is 4.74 Å². The van der Waals surface area contributed by atoms with Crippen LogP contribution in [0.5, 0.6) is 5.75 Å². The van der Waals surface area contributed by atoms with Crippen LogP contribution in [0.1, 0.15) is 67.3 Å². The highest BCUT2D eigenvalue weighted by Crippen LogP contribution is 2.41. The van der Waals surface area contributed by atoms with E-state index in [1.807, 2.05) is 13.0 Å². The van der Waals surface area contributed by atoms with Crippen LogP contribution in [0.3, 0.4) is 0 Å². The van der Waals surface area contributed by atoms with E-state index in [9.17, 15) is 9.59 Å². The number of hydrogen-bond acceptors (Lipinski definition) is 4. The molecule has 2 heterocycles. The molecule has 1 aliphatic carbocycles. The number of nitrogens with one attached hydrogen (secondary N) is 1. The Morgan fingerprint density at radius 3 is 2.50 bits per heavy atom. The summed E-state index contributed by atoms with van der Waals surface area (Å²) in [4.78, 5) is 30.6. The van der Waals surface area contributed by atoms with E-state index in [-0.39, 0.29) is 23.8 Å². The second kappa shape index (κ2) is 11.0. The number of nitrogens with zero attached hydrogens (tertiary/aromatic N) is 2. The Morgan fingerprint density at radius 1 is 1.06 bits per heavy atom. The summed E-state index contributed by atoms with van der Waals surface area (Å²) in [5.41, 5.74) is 4.68. The summed E-state index contributed by atoms with van der Waals surface area (Å²) in [5.74, 6) is 1.07. The van der Waals surface area contributed by atoms with Gasteiger partial charge in [-0.1, -0.05) is 42.8 Å². The molecule has 36 heavy (non-hydrogen) atoms. The molecule has 0 spiro atoms. The van der Waals surface area contributed by atoms with Gasteiger partial charge in [-0.3, -0.25) is 9.59 Å². The van der Waals surface area contributed by atoms with Gasteiger partial charge in [0.25, 0.3) is 5.91 Å². The van der Waals surface area contributed by atoms with Crippen LogP contribution in [0.25, 0.3) is 0 Å². The normalized spacial score (nSPS) is 20.6. The fraction of sp³-hybridized carbons (Fsp3) is 0.533. The lowest BCUT2D eigenvalue weighted by Crippen LogP contribution is -2.42. The second-order valence-electron chi connectivity index (χ2n) is 10.6. The van der Waals surface area contributed by atoms with Crippen LogP contribution in [0, 0.1) is 12.8 Å². The molecule has 3 aliphatic rings.